The second-order valence-electron chi connectivity index (χ2n) is 12.9. The fourth-order valence-electron chi connectivity index (χ4n) is 6.34. The second-order valence-corrected chi connectivity index (χ2v) is 12.9. The van der Waals surface area contributed by atoms with E-state index in [1.807, 2.05) is 90.1 Å². The largest absolute Gasteiger partial charge is 0.497 e. The summed E-state index contributed by atoms with van der Waals surface area (Å²) >= 11 is 0. The standard InChI is InChI=1S/C25H29N3O5.C17H21N3O4/c1-6-33-14-19-11-16(2)22(17(3)12-19)28-15-27-23(21(24(28)29)25(30)32-5)26-13-18-7-9-20(31-4)10-8-18;1-5-24-8-12-6-10(2)14(11(3)7-12)20-9-19-15(18)13(16(20)21)17(22)23-4/h7-12,15,26H,6,13-14H2,1-5H3;6-7,9H,5,8,18H2,1-4H3. The predicted molar refractivity (Wildman–Crippen MR) is 217 cm³/mol. The van der Waals surface area contributed by atoms with E-state index in [0.717, 1.165) is 44.7 Å². The summed E-state index contributed by atoms with van der Waals surface area (Å²) in [6, 6.07) is 15.3. The van der Waals surface area contributed by atoms with Crippen LogP contribution in [0.15, 0.2) is 70.8 Å². The highest BCUT2D eigenvalue weighted by molar-refractivity contribution is 5.94. The van der Waals surface area contributed by atoms with Crippen molar-refractivity contribution in [3.63, 3.8) is 0 Å². The Kier molecular flexibility index (Phi) is 15.2. The number of ether oxygens (including phenoxy) is 5. The van der Waals surface area contributed by atoms with Crippen molar-refractivity contribution in [2.24, 2.45) is 0 Å². The van der Waals surface area contributed by atoms with E-state index in [-0.39, 0.29) is 22.8 Å². The highest BCUT2D eigenvalue weighted by Crippen LogP contribution is 2.23. The maximum atomic E-state index is 13.4. The Balaban J connectivity index is 0.000000266. The molecule has 3 aromatic carbocycles. The Hall–Kier alpha value is -6.32. The van der Waals surface area contributed by atoms with E-state index in [1.165, 1.54) is 36.0 Å². The first-order valence-electron chi connectivity index (χ1n) is 18.2. The summed E-state index contributed by atoms with van der Waals surface area (Å²) < 4.78 is 28.3. The number of hydrogen-bond acceptors (Lipinski definition) is 13. The van der Waals surface area contributed by atoms with Crippen LogP contribution in [0.5, 0.6) is 5.75 Å². The fourth-order valence-corrected chi connectivity index (χ4v) is 6.34. The molecule has 0 fully saturated rings. The molecule has 0 aliphatic carbocycles. The highest BCUT2D eigenvalue weighted by atomic mass is 16.5. The normalized spacial score (nSPS) is 10.7. The number of nitrogens with one attached hydrogen (secondary N) is 1. The van der Waals surface area contributed by atoms with Gasteiger partial charge in [-0.3, -0.25) is 18.7 Å². The lowest BCUT2D eigenvalue weighted by molar-refractivity contribution is 0.0590. The van der Waals surface area contributed by atoms with E-state index in [2.05, 4.69) is 20.0 Å². The molecule has 57 heavy (non-hydrogen) atoms. The summed E-state index contributed by atoms with van der Waals surface area (Å²) in [5.74, 6) is -0.786. The number of aromatic nitrogens is 4. The van der Waals surface area contributed by atoms with E-state index >= 15 is 0 Å². The lowest BCUT2D eigenvalue weighted by Gasteiger charge is -2.17. The van der Waals surface area contributed by atoms with Gasteiger partial charge in [-0.15, -0.1) is 0 Å². The van der Waals surface area contributed by atoms with Crippen LogP contribution in [0, 0.1) is 27.7 Å². The molecule has 0 saturated heterocycles. The molecule has 2 aromatic heterocycles. The number of carbonyl (C=O) groups is 2. The molecule has 0 radical (unpaired) electrons. The van der Waals surface area contributed by atoms with Crippen LogP contribution in [-0.4, -0.2) is 65.6 Å². The van der Waals surface area contributed by atoms with Gasteiger partial charge >= 0.3 is 11.9 Å². The summed E-state index contributed by atoms with van der Waals surface area (Å²) in [6.45, 7) is 14.1. The third-order valence-electron chi connectivity index (χ3n) is 8.90. The lowest BCUT2D eigenvalue weighted by atomic mass is 10.0. The number of rotatable bonds is 14. The Morgan fingerprint density at radius 3 is 1.54 bits per heavy atom. The molecule has 5 aromatic rings. The molecule has 15 nitrogen and oxygen atoms in total. The number of carbonyl (C=O) groups excluding carboxylic acids is 2. The Labute approximate surface area is 331 Å². The van der Waals surface area contributed by atoms with E-state index in [4.69, 9.17) is 24.7 Å². The van der Waals surface area contributed by atoms with E-state index in [1.54, 1.807) is 7.11 Å². The monoisotopic (exact) mass is 782 g/mol. The summed E-state index contributed by atoms with van der Waals surface area (Å²) in [4.78, 5) is 58.7. The molecule has 0 spiro atoms. The van der Waals surface area contributed by atoms with Crippen LogP contribution in [0.4, 0.5) is 11.6 Å². The number of nitrogens with two attached hydrogens (primary N) is 1. The van der Waals surface area contributed by atoms with Gasteiger partial charge in [-0.05, 0) is 92.6 Å². The first-order valence-corrected chi connectivity index (χ1v) is 18.2. The minimum atomic E-state index is -0.803. The van der Waals surface area contributed by atoms with E-state index < -0.39 is 23.1 Å². The first-order chi connectivity index (χ1) is 27.3. The molecule has 0 atom stereocenters. The van der Waals surface area contributed by atoms with Crippen molar-refractivity contribution in [2.45, 2.75) is 61.3 Å². The minimum absolute atomic E-state index is 0.147. The van der Waals surface area contributed by atoms with E-state index in [9.17, 15) is 19.2 Å². The Bertz CT molecular complexity index is 2290. The van der Waals surface area contributed by atoms with Gasteiger partial charge < -0.3 is 34.7 Å². The smallest absolute Gasteiger partial charge is 0.347 e. The van der Waals surface area contributed by atoms with Crippen molar-refractivity contribution in [2.75, 3.05) is 45.6 Å². The van der Waals surface area contributed by atoms with Crippen LogP contribution in [0.3, 0.4) is 0 Å². The molecular weight excluding hydrogens is 732 g/mol. The number of esters is 2. The van der Waals surface area contributed by atoms with Crippen LogP contribution in [-0.2, 0) is 38.7 Å². The van der Waals surface area contributed by atoms with Crippen LogP contribution in [0.2, 0.25) is 0 Å². The average Bonchev–Trinajstić information content (AvgIpc) is 3.19. The van der Waals surface area contributed by atoms with Crippen LogP contribution in [0.1, 0.15) is 73.5 Å². The third-order valence-corrected chi connectivity index (χ3v) is 8.90. The topological polar surface area (TPSA) is 188 Å². The molecule has 0 saturated carbocycles. The molecular formula is C42H50N6O9. The van der Waals surface area contributed by atoms with Gasteiger partial charge in [0.1, 0.15) is 30.0 Å². The van der Waals surface area contributed by atoms with Gasteiger partial charge in [0.2, 0.25) is 0 Å². The number of anilines is 2. The zero-order chi connectivity index (χ0) is 41.8. The maximum Gasteiger partial charge on any atom is 0.347 e. The zero-order valence-corrected chi connectivity index (χ0v) is 33.8. The molecule has 0 unspecified atom stereocenters. The van der Waals surface area contributed by atoms with Gasteiger partial charge in [-0.1, -0.05) is 36.4 Å². The van der Waals surface area contributed by atoms with Gasteiger partial charge in [0.15, 0.2) is 11.1 Å². The van der Waals surface area contributed by atoms with E-state index in [0.29, 0.717) is 44.3 Å². The average molecular weight is 783 g/mol. The fraction of sp³-hybridized carbons (Fsp3) is 0.333. The number of nitrogen functional groups attached to an aromatic ring is 1. The molecule has 0 aliphatic rings. The van der Waals surface area contributed by atoms with Crippen LogP contribution in [0.25, 0.3) is 11.4 Å². The highest BCUT2D eigenvalue weighted by Gasteiger charge is 2.23. The zero-order valence-electron chi connectivity index (χ0n) is 33.8. The van der Waals surface area contributed by atoms with Crippen LogP contribution >= 0.6 is 0 Å². The number of hydrogen-bond donors (Lipinski definition) is 2. The maximum absolute atomic E-state index is 13.4. The van der Waals surface area contributed by atoms with Gasteiger partial charge in [0, 0.05) is 19.8 Å². The quantitative estimate of drug-likeness (QED) is 0.134. The van der Waals surface area contributed by atoms with Crippen molar-refractivity contribution in [3.8, 4) is 17.1 Å². The van der Waals surface area contributed by atoms with Crippen molar-refractivity contribution in [1.82, 2.24) is 19.1 Å². The van der Waals surface area contributed by atoms with Gasteiger partial charge in [0.05, 0.1) is 45.9 Å². The van der Waals surface area contributed by atoms with Crippen molar-refractivity contribution in [1.29, 1.82) is 0 Å². The summed E-state index contributed by atoms with van der Waals surface area (Å²) in [5, 5.41) is 3.08. The second kappa shape index (κ2) is 20.0. The van der Waals surface area contributed by atoms with Gasteiger partial charge in [0.25, 0.3) is 11.1 Å². The molecule has 5 rings (SSSR count). The predicted octanol–water partition coefficient (Wildman–Crippen LogP) is 5.55. The van der Waals surface area contributed by atoms with Crippen molar-refractivity contribution >= 4 is 23.6 Å². The SMILES string of the molecule is CCOCc1cc(C)c(-n2cnc(N)c(C(=O)OC)c2=O)c(C)c1.CCOCc1cc(C)c(-n2cnc(NCc3ccc(OC)cc3)c(C(=O)OC)c2=O)c(C)c1. The van der Waals surface area contributed by atoms with Gasteiger partial charge in [-0.25, -0.2) is 19.6 Å². The van der Waals surface area contributed by atoms with Gasteiger partial charge in [-0.2, -0.15) is 0 Å². The number of aryl methyl sites for hydroxylation is 4. The third kappa shape index (κ3) is 10.3. The van der Waals surface area contributed by atoms with Crippen molar-refractivity contribution in [3.05, 3.63) is 132 Å². The Morgan fingerprint density at radius 1 is 0.667 bits per heavy atom. The molecule has 3 N–H and O–H groups in total. The number of nitrogens with zero attached hydrogens (tertiary/aromatic N) is 4. The molecule has 0 bridgehead atoms. The summed E-state index contributed by atoms with van der Waals surface area (Å²) in [7, 11) is 4.04. The summed E-state index contributed by atoms with van der Waals surface area (Å²) in [6.07, 6.45) is 2.75. The van der Waals surface area contributed by atoms with Crippen LogP contribution < -0.4 is 26.9 Å². The number of benzene rings is 3. The number of methoxy groups -OCH3 is 3. The minimum Gasteiger partial charge on any atom is -0.497 e. The molecule has 0 amide bonds. The molecule has 15 heteroatoms. The lowest BCUT2D eigenvalue weighted by Crippen LogP contribution is -2.29. The molecule has 0 aliphatic heterocycles. The summed E-state index contributed by atoms with van der Waals surface area (Å²) in [5.41, 5.74) is 12.0. The first kappa shape index (κ1) is 43.4. The Morgan fingerprint density at radius 2 is 1.11 bits per heavy atom. The molecule has 2 heterocycles. The molecule has 302 valence electrons. The van der Waals surface area contributed by atoms with Crippen molar-refractivity contribution < 1.29 is 33.3 Å².